The normalized spacial score (nSPS) is 17.1. The van der Waals surface area contributed by atoms with Gasteiger partial charge in [0.15, 0.2) is 5.65 Å². The summed E-state index contributed by atoms with van der Waals surface area (Å²) in [4.78, 5) is 8.92. The van der Waals surface area contributed by atoms with Crippen LogP contribution in [0.15, 0.2) is 18.3 Å². The second kappa shape index (κ2) is 3.65. The number of aryl methyl sites for hydroxylation is 2. The first kappa shape index (κ1) is 8.89. The predicted octanol–water partition coefficient (Wildman–Crippen LogP) is 2.55. The Morgan fingerprint density at radius 2 is 2.07 bits per heavy atom. The van der Waals surface area contributed by atoms with Gasteiger partial charge in [0.05, 0.1) is 5.52 Å². The lowest BCUT2D eigenvalue weighted by atomic mass is 10.1. The largest absolute Gasteiger partial charge is 0.327 e. The molecule has 0 saturated heterocycles. The van der Waals surface area contributed by atoms with Crippen molar-refractivity contribution in [2.45, 2.75) is 38.6 Å². The number of hydrogen-bond donors (Lipinski definition) is 0. The molecule has 3 nitrogen and oxygen atoms in total. The highest BCUT2D eigenvalue weighted by atomic mass is 15.1. The number of aromatic nitrogens is 3. The second-order valence-electron chi connectivity index (χ2n) is 4.19. The van der Waals surface area contributed by atoms with E-state index in [0.29, 0.717) is 0 Å². The summed E-state index contributed by atoms with van der Waals surface area (Å²) in [5.74, 6) is 1.23. The summed E-state index contributed by atoms with van der Waals surface area (Å²) in [6.07, 6.45) is 8.16. The van der Waals surface area contributed by atoms with Crippen LogP contribution in [0.5, 0.6) is 0 Å². The van der Waals surface area contributed by atoms with Crippen molar-refractivity contribution in [2.75, 3.05) is 0 Å². The maximum atomic E-state index is 4.61. The zero-order valence-corrected chi connectivity index (χ0v) is 8.82. The highest BCUT2D eigenvalue weighted by Crippen LogP contribution is 2.19. The first-order valence-corrected chi connectivity index (χ1v) is 5.75. The molecule has 15 heavy (non-hydrogen) atoms. The number of pyridine rings is 1. The van der Waals surface area contributed by atoms with Gasteiger partial charge in [-0.1, -0.05) is 12.8 Å². The Kier molecular flexibility index (Phi) is 2.16. The van der Waals surface area contributed by atoms with Gasteiger partial charge < -0.3 is 4.57 Å². The van der Waals surface area contributed by atoms with Crippen molar-refractivity contribution in [3.05, 3.63) is 24.2 Å². The highest BCUT2D eigenvalue weighted by molar-refractivity contribution is 5.71. The molecule has 0 aliphatic carbocycles. The lowest BCUT2D eigenvalue weighted by Gasteiger charge is -2.12. The van der Waals surface area contributed by atoms with E-state index in [1.807, 2.05) is 12.3 Å². The molecule has 1 aliphatic heterocycles. The predicted molar refractivity (Wildman–Crippen MR) is 59.7 cm³/mol. The van der Waals surface area contributed by atoms with Gasteiger partial charge in [0.25, 0.3) is 0 Å². The number of nitrogens with zero attached hydrogens (tertiary/aromatic N) is 3. The Hall–Kier alpha value is -1.38. The third-order valence-electron chi connectivity index (χ3n) is 3.14. The molecule has 3 heteroatoms. The standard InChI is InChI=1S/C12H15N3/c1-2-4-9-15-10-6-5-8-13-12(10)14-11(15)7-3-1/h5-6,8H,1-4,7,9H2. The van der Waals surface area contributed by atoms with Crippen LogP contribution < -0.4 is 0 Å². The van der Waals surface area contributed by atoms with Crippen molar-refractivity contribution < 1.29 is 0 Å². The third kappa shape index (κ3) is 1.52. The van der Waals surface area contributed by atoms with Gasteiger partial charge in [0, 0.05) is 19.2 Å². The Morgan fingerprint density at radius 3 is 3.07 bits per heavy atom. The summed E-state index contributed by atoms with van der Waals surface area (Å²) in [7, 11) is 0. The van der Waals surface area contributed by atoms with Crippen LogP contribution >= 0.6 is 0 Å². The molecular weight excluding hydrogens is 186 g/mol. The van der Waals surface area contributed by atoms with Crippen LogP contribution in [-0.4, -0.2) is 14.5 Å². The quantitative estimate of drug-likeness (QED) is 0.655. The van der Waals surface area contributed by atoms with Crippen LogP contribution in [0.2, 0.25) is 0 Å². The van der Waals surface area contributed by atoms with E-state index in [0.717, 1.165) is 18.6 Å². The van der Waals surface area contributed by atoms with E-state index in [9.17, 15) is 0 Å². The van der Waals surface area contributed by atoms with Crippen molar-refractivity contribution >= 4 is 11.2 Å². The van der Waals surface area contributed by atoms with Crippen LogP contribution in [0.4, 0.5) is 0 Å². The molecule has 2 aromatic heterocycles. The van der Waals surface area contributed by atoms with Crippen LogP contribution in [0.1, 0.15) is 31.5 Å². The van der Waals surface area contributed by atoms with Gasteiger partial charge in [0.1, 0.15) is 5.82 Å². The van der Waals surface area contributed by atoms with Gasteiger partial charge in [-0.25, -0.2) is 9.97 Å². The molecule has 0 bridgehead atoms. The minimum absolute atomic E-state index is 0.911. The Bertz CT molecular complexity index is 473. The minimum Gasteiger partial charge on any atom is -0.327 e. The van der Waals surface area contributed by atoms with E-state index in [1.54, 1.807) is 0 Å². The molecule has 0 N–H and O–H groups in total. The lowest BCUT2D eigenvalue weighted by molar-refractivity contribution is 0.524. The summed E-state index contributed by atoms with van der Waals surface area (Å²) in [6, 6.07) is 4.12. The average Bonchev–Trinajstić information content (AvgIpc) is 2.55. The molecule has 0 unspecified atom stereocenters. The zero-order chi connectivity index (χ0) is 10.1. The minimum atomic E-state index is 0.911. The van der Waals surface area contributed by atoms with E-state index in [2.05, 4.69) is 20.6 Å². The SMILES string of the molecule is c1cnc2nc3n(c2c1)CCCCCC3. The van der Waals surface area contributed by atoms with Gasteiger partial charge >= 0.3 is 0 Å². The van der Waals surface area contributed by atoms with Crippen LogP contribution in [0.3, 0.4) is 0 Å². The third-order valence-corrected chi connectivity index (χ3v) is 3.14. The van der Waals surface area contributed by atoms with Gasteiger partial charge in [0.2, 0.25) is 0 Å². The molecule has 0 saturated carbocycles. The molecule has 0 amide bonds. The second-order valence-corrected chi connectivity index (χ2v) is 4.19. The summed E-state index contributed by atoms with van der Waals surface area (Å²) >= 11 is 0. The van der Waals surface area contributed by atoms with Crippen molar-refractivity contribution in [1.29, 1.82) is 0 Å². The van der Waals surface area contributed by atoms with E-state index >= 15 is 0 Å². The van der Waals surface area contributed by atoms with Crippen LogP contribution in [0.25, 0.3) is 11.2 Å². The monoisotopic (exact) mass is 201 g/mol. The number of fused-ring (bicyclic) bond motifs is 3. The molecule has 0 fully saturated rings. The summed E-state index contributed by atoms with van der Waals surface area (Å²) < 4.78 is 2.35. The van der Waals surface area contributed by atoms with Gasteiger partial charge in [-0.3, -0.25) is 0 Å². The molecule has 0 radical (unpaired) electrons. The van der Waals surface area contributed by atoms with Gasteiger partial charge in [-0.2, -0.15) is 0 Å². The fraction of sp³-hybridized carbons (Fsp3) is 0.500. The summed E-state index contributed by atoms with van der Waals surface area (Å²) in [5, 5.41) is 0. The molecule has 0 aromatic carbocycles. The first-order chi connectivity index (χ1) is 7.45. The fourth-order valence-electron chi connectivity index (χ4n) is 2.35. The smallest absolute Gasteiger partial charge is 0.177 e. The number of rotatable bonds is 0. The van der Waals surface area contributed by atoms with E-state index < -0.39 is 0 Å². The lowest BCUT2D eigenvalue weighted by Crippen LogP contribution is -2.07. The van der Waals surface area contributed by atoms with Crippen LogP contribution in [0, 0.1) is 0 Å². The Labute approximate surface area is 89.2 Å². The van der Waals surface area contributed by atoms with Crippen molar-refractivity contribution in [3.63, 3.8) is 0 Å². The van der Waals surface area contributed by atoms with E-state index in [-0.39, 0.29) is 0 Å². The Morgan fingerprint density at radius 1 is 1.13 bits per heavy atom. The molecule has 78 valence electrons. The van der Waals surface area contributed by atoms with E-state index in [1.165, 1.54) is 37.0 Å². The molecule has 0 spiro atoms. The highest BCUT2D eigenvalue weighted by Gasteiger charge is 2.12. The zero-order valence-electron chi connectivity index (χ0n) is 8.82. The maximum Gasteiger partial charge on any atom is 0.177 e. The molecule has 2 aromatic rings. The van der Waals surface area contributed by atoms with Crippen molar-refractivity contribution in [1.82, 2.24) is 14.5 Å². The number of hydrogen-bond acceptors (Lipinski definition) is 2. The molecular formula is C12H15N3. The maximum absolute atomic E-state index is 4.61. The van der Waals surface area contributed by atoms with Gasteiger partial charge in [-0.15, -0.1) is 0 Å². The summed E-state index contributed by atoms with van der Waals surface area (Å²) in [6.45, 7) is 1.11. The van der Waals surface area contributed by atoms with Gasteiger partial charge in [-0.05, 0) is 25.0 Å². The Balaban J connectivity index is 2.15. The topological polar surface area (TPSA) is 30.7 Å². The van der Waals surface area contributed by atoms with Crippen molar-refractivity contribution in [3.8, 4) is 0 Å². The number of imidazole rings is 1. The van der Waals surface area contributed by atoms with E-state index in [4.69, 9.17) is 0 Å². The molecule has 1 aliphatic rings. The molecule has 3 heterocycles. The first-order valence-electron chi connectivity index (χ1n) is 5.75. The average molecular weight is 201 g/mol. The van der Waals surface area contributed by atoms with Crippen LogP contribution in [-0.2, 0) is 13.0 Å². The fourth-order valence-corrected chi connectivity index (χ4v) is 2.35. The van der Waals surface area contributed by atoms with Crippen molar-refractivity contribution in [2.24, 2.45) is 0 Å². The molecule has 3 rings (SSSR count). The summed E-state index contributed by atoms with van der Waals surface area (Å²) in [5.41, 5.74) is 2.11. The molecule has 0 atom stereocenters.